The van der Waals surface area contributed by atoms with E-state index in [0.717, 1.165) is 25.7 Å². The number of hydrogen-bond donors (Lipinski definition) is 0. The van der Waals surface area contributed by atoms with Crippen LogP contribution in [-0.2, 0) is 28.5 Å². The van der Waals surface area contributed by atoms with Crippen LogP contribution in [0.2, 0.25) is 0 Å². The van der Waals surface area contributed by atoms with E-state index < -0.39 is 17.1 Å². The molecule has 1 aliphatic heterocycles. The molecule has 0 aromatic rings. The first-order valence-electron chi connectivity index (χ1n) is 10.3. The van der Waals surface area contributed by atoms with Crippen molar-refractivity contribution < 1.29 is 28.5 Å². The van der Waals surface area contributed by atoms with Crippen LogP contribution in [0.15, 0.2) is 12.2 Å². The van der Waals surface area contributed by atoms with Crippen molar-refractivity contribution in [3.8, 4) is 0 Å². The van der Waals surface area contributed by atoms with E-state index in [9.17, 15) is 9.59 Å². The van der Waals surface area contributed by atoms with Crippen molar-refractivity contribution in [1.82, 2.24) is 0 Å². The number of esters is 2. The summed E-state index contributed by atoms with van der Waals surface area (Å²) in [5, 5.41) is 0. The monoisotopic (exact) mass is 390 g/mol. The van der Waals surface area contributed by atoms with Gasteiger partial charge in [0.1, 0.15) is 11.0 Å². The van der Waals surface area contributed by atoms with Gasteiger partial charge in [-0.05, 0) is 43.9 Å². The smallest absolute Gasteiger partial charge is 0.315 e. The van der Waals surface area contributed by atoms with Gasteiger partial charge in [0.2, 0.25) is 0 Å². The van der Waals surface area contributed by atoms with Gasteiger partial charge in [-0.1, -0.05) is 12.2 Å². The fraction of sp³-hybridized carbons (Fsp3) is 0.818. The molecule has 6 nitrogen and oxygen atoms in total. The predicted molar refractivity (Wildman–Crippen MR) is 99.2 cm³/mol. The molecule has 0 unspecified atom stereocenters. The first kappa shape index (κ1) is 18.6. The lowest BCUT2D eigenvalue weighted by atomic mass is 9.58. The SMILES string of the molecule is C=C1C[C@]23C[C@H]1CC[C@H]2[C@@]12C[C@@H](OC)[C@H](OC)[C@@](C)(C(=O)O1)[C@H]2[C@@H]3C(=O)OC. The Morgan fingerprint density at radius 1 is 1.18 bits per heavy atom. The number of carbonyl (C=O) groups excluding carboxylic acids is 2. The molecule has 4 aliphatic carbocycles. The molecule has 28 heavy (non-hydrogen) atoms. The quantitative estimate of drug-likeness (QED) is 0.545. The molecule has 4 bridgehead atoms. The van der Waals surface area contributed by atoms with Crippen molar-refractivity contribution >= 4 is 11.9 Å². The average molecular weight is 390 g/mol. The molecule has 9 atom stereocenters. The summed E-state index contributed by atoms with van der Waals surface area (Å²) in [7, 11) is 4.73. The molecule has 0 N–H and O–H groups in total. The molecule has 0 aromatic carbocycles. The maximum absolute atomic E-state index is 13.3. The number of hydrogen-bond acceptors (Lipinski definition) is 6. The van der Waals surface area contributed by atoms with E-state index in [1.165, 1.54) is 12.7 Å². The van der Waals surface area contributed by atoms with Crippen molar-refractivity contribution in [3.05, 3.63) is 12.2 Å². The van der Waals surface area contributed by atoms with E-state index in [-0.39, 0.29) is 41.2 Å². The summed E-state index contributed by atoms with van der Waals surface area (Å²) in [6.45, 7) is 6.24. The topological polar surface area (TPSA) is 71.1 Å². The fourth-order valence-electron chi connectivity index (χ4n) is 8.40. The highest BCUT2D eigenvalue weighted by molar-refractivity contribution is 5.86. The second kappa shape index (κ2) is 5.60. The van der Waals surface area contributed by atoms with E-state index in [0.29, 0.717) is 12.3 Å². The second-order valence-electron chi connectivity index (χ2n) is 9.84. The highest BCUT2D eigenvalue weighted by Crippen LogP contribution is 2.78. The Labute approximate surface area is 165 Å². The summed E-state index contributed by atoms with van der Waals surface area (Å²) in [5.74, 6) is -0.527. The van der Waals surface area contributed by atoms with Crippen LogP contribution in [0, 0.1) is 34.5 Å². The molecule has 1 spiro atoms. The number of rotatable bonds is 3. The first-order valence-corrected chi connectivity index (χ1v) is 10.3. The standard InChI is InChI=1S/C22H30O6/c1-11-8-21-9-12(11)6-7-14(21)22-10-13(25-3)17(26-4)20(2,19(24)28-22)16(22)15(21)18(23)27-5/h12-17H,1,6-10H2,2-5H3/t12-,13-,14-,15-,16-,17+,20+,21+,22-/m1/s1. The van der Waals surface area contributed by atoms with E-state index >= 15 is 0 Å². The van der Waals surface area contributed by atoms with E-state index in [1.54, 1.807) is 14.2 Å². The lowest BCUT2D eigenvalue weighted by molar-refractivity contribution is -0.173. The highest BCUT2D eigenvalue weighted by atomic mass is 16.6. The van der Waals surface area contributed by atoms with Crippen molar-refractivity contribution in [3.63, 3.8) is 0 Å². The van der Waals surface area contributed by atoms with Crippen LogP contribution in [0.25, 0.3) is 0 Å². The van der Waals surface area contributed by atoms with Gasteiger partial charge < -0.3 is 18.9 Å². The highest BCUT2D eigenvalue weighted by Gasteiger charge is 2.84. The number of fused-ring (bicyclic) bond motifs is 1. The van der Waals surface area contributed by atoms with Crippen LogP contribution < -0.4 is 0 Å². The Balaban J connectivity index is 1.74. The minimum Gasteiger partial charge on any atom is -0.469 e. The minimum absolute atomic E-state index is 0.130. The summed E-state index contributed by atoms with van der Waals surface area (Å²) < 4.78 is 23.3. The van der Waals surface area contributed by atoms with Crippen LogP contribution in [-0.4, -0.2) is 51.1 Å². The summed E-state index contributed by atoms with van der Waals surface area (Å²) in [5.41, 5.74) is -0.611. The van der Waals surface area contributed by atoms with Gasteiger partial charge in [0, 0.05) is 32.5 Å². The summed E-state index contributed by atoms with van der Waals surface area (Å²) in [4.78, 5) is 26.5. The largest absolute Gasteiger partial charge is 0.469 e. The molecular formula is C22H30O6. The van der Waals surface area contributed by atoms with Gasteiger partial charge in [-0.25, -0.2) is 0 Å². The number of allylic oxidation sites excluding steroid dienone is 1. The maximum atomic E-state index is 13.3. The number of methoxy groups -OCH3 is 3. The van der Waals surface area contributed by atoms with Crippen molar-refractivity contribution in [1.29, 1.82) is 0 Å². The third-order valence-electron chi connectivity index (χ3n) is 9.16. The Bertz CT molecular complexity index is 762. The fourth-order valence-corrected chi connectivity index (χ4v) is 8.40. The molecule has 1 heterocycles. The van der Waals surface area contributed by atoms with Gasteiger partial charge in [0.25, 0.3) is 0 Å². The van der Waals surface area contributed by atoms with Crippen LogP contribution in [0.4, 0.5) is 0 Å². The Morgan fingerprint density at radius 3 is 2.57 bits per heavy atom. The third kappa shape index (κ3) is 1.79. The molecule has 5 fully saturated rings. The molecule has 0 aromatic heterocycles. The molecule has 154 valence electrons. The zero-order valence-electron chi connectivity index (χ0n) is 17.2. The lowest BCUT2D eigenvalue weighted by Crippen LogP contribution is -2.60. The van der Waals surface area contributed by atoms with Gasteiger partial charge >= 0.3 is 11.9 Å². The zero-order chi connectivity index (χ0) is 20.1. The summed E-state index contributed by atoms with van der Waals surface area (Å²) in [6, 6.07) is 0. The molecular weight excluding hydrogens is 360 g/mol. The molecule has 5 aliphatic rings. The summed E-state index contributed by atoms with van der Waals surface area (Å²) >= 11 is 0. The van der Waals surface area contributed by atoms with Crippen molar-refractivity contribution in [2.45, 2.75) is 56.8 Å². The van der Waals surface area contributed by atoms with Gasteiger partial charge in [-0.15, -0.1) is 0 Å². The number of carbonyl (C=O) groups is 2. The molecule has 5 rings (SSSR count). The third-order valence-corrected chi connectivity index (χ3v) is 9.16. The van der Waals surface area contributed by atoms with Crippen LogP contribution in [0.3, 0.4) is 0 Å². The Kier molecular flexibility index (Phi) is 3.72. The van der Waals surface area contributed by atoms with Crippen LogP contribution >= 0.6 is 0 Å². The van der Waals surface area contributed by atoms with Gasteiger partial charge in [-0.2, -0.15) is 0 Å². The van der Waals surface area contributed by atoms with Gasteiger partial charge in [0.15, 0.2) is 0 Å². The molecule has 0 amide bonds. The van der Waals surface area contributed by atoms with Gasteiger partial charge in [0.05, 0.1) is 25.2 Å². The van der Waals surface area contributed by atoms with E-state index in [2.05, 4.69) is 6.58 Å². The summed E-state index contributed by atoms with van der Waals surface area (Å²) in [6.07, 6.45) is 3.65. The minimum atomic E-state index is -0.932. The lowest BCUT2D eigenvalue weighted by Gasteiger charge is -2.48. The van der Waals surface area contributed by atoms with E-state index in [4.69, 9.17) is 18.9 Å². The molecule has 6 heteroatoms. The normalized spacial score (nSPS) is 53.6. The molecule has 4 saturated carbocycles. The van der Waals surface area contributed by atoms with E-state index in [1.807, 2.05) is 6.92 Å². The van der Waals surface area contributed by atoms with Crippen molar-refractivity contribution in [2.24, 2.45) is 34.5 Å². The molecule has 1 saturated heterocycles. The second-order valence-corrected chi connectivity index (χ2v) is 9.84. The maximum Gasteiger partial charge on any atom is 0.315 e. The Hall–Kier alpha value is -1.40. The Morgan fingerprint density at radius 2 is 1.93 bits per heavy atom. The predicted octanol–water partition coefficient (Wildman–Crippen LogP) is 2.50. The number of ether oxygens (including phenoxy) is 4. The first-order chi connectivity index (χ1) is 13.3. The molecule has 0 radical (unpaired) electrons. The van der Waals surface area contributed by atoms with Crippen LogP contribution in [0.1, 0.15) is 39.0 Å². The van der Waals surface area contributed by atoms with Gasteiger partial charge in [-0.3, -0.25) is 9.59 Å². The van der Waals surface area contributed by atoms with Crippen molar-refractivity contribution in [2.75, 3.05) is 21.3 Å². The zero-order valence-corrected chi connectivity index (χ0v) is 17.2. The average Bonchev–Trinajstić information content (AvgIpc) is 3.13. The van der Waals surface area contributed by atoms with Crippen LogP contribution in [0.5, 0.6) is 0 Å².